The molecule has 0 unspecified atom stereocenters. The van der Waals surface area contributed by atoms with Crippen molar-refractivity contribution in [1.29, 1.82) is 0 Å². The normalized spacial score (nSPS) is 10.6. The van der Waals surface area contributed by atoms with E-state index >= 15 is 0 Å². The van der Waals surface area contributed by atoms with Crippen LogP contribution >= 0.6 is 15.9 Å². The number of hydrogen-bond acceptors (Lipinski definition) is 4. The van der Waals surface area contributed by atoms with E-state index in [2.05, 4.69) is 15.9 Å². The van der Waals surface area contributed by atoms with Crippen molar-refractivity contribution in [3.63, 3.8) is 0 Å². The molecule has 0 aliphatic rings. The summed E-state index contributed by atoms with van der Waals surface area (Å²) >= 11 is 3.25. The molecule has 0 atom stereocenters. The molecule has 1 aromatic heterocycles. The molecule has 1 aromatic carbocycles. The molecule has 2 aromatic rings. The third kappa shape index (κ3) is 1.24. The van der Waals surface area contributed by atoms with Crippen LogP contribution in [0, 0.1) is 10.1 Å². The molecule has 0 bridgehead atoms. The SMILES string of the molecule is Nc1c([N+](=O)[O-])oc2ccc(Br)cc12. The number of anilines is 1. The van der Waals surface area contributed by atoms with Gasteiger partial charge in [-0.2, -0.15) is 0 Å². The van der Waals surface area contributed by atoms with Crippen molar-refractivity contribution in [3.05, 3.63) is 32.8 Å². The molecule has 6 heteroatoms. The number of benzene rings is 1. The van der Waals surface area contributed by atoms with Gasteiger partial charge < -0.3 is 10.2 Å². The lowest BCUT2D eigenvalue weighted by Gasteiger charge is -1.88. The summed E-state index contributed by atoms with van der Waals surface area (Å²) in [5.41, 5.74) is 6.03. The molecule has 0 spiro atoms. The van der Waals surface area contributed by atoms with Gasteiger partial charge in [0.15, 0.2) is 5.69 Å². The Hall–Kier alpha value is -1.56. The number of fused-ring (bicyclic) bond motifs is 1. The molecule has 0 aliphatic carbocycles. The fourth-order valence-corrected chi connectivity index (χ4v) is 1.57. The molecular weight excluding hydrogens is 252 g/mol. The van der Waals surface area contributed by atoms with Gasteiger partial charge in [-0.25, -0.2) is 0 Å². The lowest BCUT2D eigenvalue weighted by molar-refractivity contribution is -0.400. The molecule has 2 N–H and O–H groups in total. The molecule has 2 rings (SSSR count). The van der Waals surface area contributed by atoms with Crippen molar-refractivity contribution in [3.8, 4) is 0 Å². The average Bonchev–Trinajstić information content (AvgIpc) is 2.44. The monoisotopic (exact) mass is 256 g/mol. The van der Waals surface area contributed by atoms with Gasteiger partial charge in [0.1, 0.15) is 10.5 Å². The average molecular weight is 257 g/mol. The van der Waals surface area contributed by atoms with Crippen molar-refractivity contribution >= 4 is 38.5 Å². The Morgan fingerprint density at radius 2 is 2.21 bits per heavy atom. The first-order chi connectivity index (χ1) is 6.59. The number of hydrogen-bond donors (Lipinski definition) is 1. The van der Waals surface area contributed by atoms with Gasteiger partial charge in [0.05, 0.1) is 5.39 Å². The summed E-state index contributed by atoms with van der Waals surface area (Å²) in [4.78, 5) is 9.86. The maximum atomic E-state index is 10.5. The standard InChI is InChI=1S/C8H5BrN2O3/c9-4-1-2-6-5(3-4)7(10)8(14-6)11(12)13/h1-3H,10H2. The van der Waals surface area contributed by atoms with E-state index in [-0.39, 0.29) is 5.69 Å². The fourth-order valence-electron chi connectivity index (χ4n) is 1.21. The molecule has 14 heavy (non-hydrogen) atoms. The lowest BCUT2D eigenvalue weighted by Crippen LogP contribution is -1.90. The van der Waals surface area contributed by atoms with Crippen LogP contribution < -0.4 is 5.73 Å². The van der Waals surface area contributed by atoms with Crippen LogP contribution in [0.15, 0.2) is 27.1 Å². The van der Waals surface area contributed by atoms with Gasteiger partial charge in [-0.3, -0.25) is 10.1 Å². The van der Waals surface area contributed by atoms with Gasteiger partial charge >= 0.3 is 5.88 Å². The largest absolute Gasteiger partial charge is 0.457 e. The Kier molecular flexibility index (Phi) is 1.92. The van der Waals surface area contributed by atoms with Crippen molar-refractivity contribution in [2.75, 3.05) is 5.73 Å². The number of furan rings is 1. The highest BCUT2D eigenvalue weighted by atomic mass is 79.9. The molecule has 1 heterocycles. The van der Waals surface area contributed by atoms with Gasteiger partial charge in [0.2, 0.25) is 0 Å². The number of nitro groups is 1. The summed E-state index contributed by atoms with van der Waals surface area (Å²) in [6.07, 6.45) is 0. The molecule has 72 valence electrons. The van der Waals surface area contributed by atoms with Crippen molar-refractivity contribution in [1.82, 2.24) is 0 Å². The third-order valence-electron chi connectivity index (χ3n) is 1.83. The molecule has 5 nitrogen and oxygen atoms in total. The second-order valence-corrected chi connectivity index (χ2v) is 3.63. The Morgan fingerprint density at radius 1 is 1.50 bits per heavy atom. The molecule has 0 saturated heterocycles. The molecular formula is C8H5BrN2O3. The molecule has 0 aliphatic heterocycles. The van der Waals surface area contributed by atoms with E-state index in [0.717, 1.165) is 4.47 Å². The van der Waals surface area contributed by atoms with Crippen molar-refractivity contribution in [2.45, 2.75) is 0 Å². The van der Waals surface area contributed by atoms with Crippen LogP contribution in [0.1, 0.15) is 0 Å². The predicted molar refractivity (Wildman–Crippen MR) is 55.0 cm³/mol. The van der Waals surface area contributed by atoms with Crippen molar-refractivity contribution in [2.24, 2.45) is 0 Å². The van der Waals surface area contributed by atoms with Gasteiger partial charge in [-0.05, 0) is 18.2 Å². The predicted octanol–water partition coefficient (Wildman–Crippen LogP) is 2.69. The maximum Gasteiger partial charge on any atom is 0.457 e. The minimum atomic E-state index is -0.636. The smallest absolute Gasteiger partial charge is 0.399 e. The first-order valence-corrected chi connectivity index (χ1v) is 4.51. The Morgan fingerprint density at radius 3 is 2.86 bits per heavy atom. The van der Waals surface area contributed by atoms with Gasteiger partial charge in [0.25, 0.3) is 0 Å². The highest BCUT2D eigenvalue weighted by molar-refractivity contribution is 9.10. The highest BCUT2D eigenvalue weighted by Gasteiger charge is 2.21. The van der Waals surface area contributed by atoms with E-state index in [9.17, 15) is 10.1 Å². The van der Waals surface area contributed by atoms with Gasteiger partial charge in [-0.1, -0.05) is 15.9 Å². The van der Waals surface area contributed by atoms with E-state index < -0.39 is 10.8 Å². The van der Waals surface area contributed by atoms with E-state index in [0.29, 0.717) is 11.0 Å². The topological polar surface area (TPSA) is 82.3 Å². The molecule has 0 fully saturated rings. The highest BCUT2D eigenvalue weighted by Crippen LogP contribution is 2.35. The van der Waals surface area contributed by atoms with Gasteiger partial charge in [-0.15, -0.1) is 0 Å². The van der Waals surface area contributed by atoms with Crippen LogP contribution in [-0.2, 0) is 0 Å². The second kappa shape index (κ2) is 2.98. The number of nitrogen functional groups attached to an aromatic ring is 1. The van der Waals surface area contributed by atoms with Gasteiger partial charge in [0, 0.05) is 4.47 Å². The number of rotatable bonds is 1. The Bertz CT molecular complexity index is 521. The molecule has 0 radical (unpaired) electrons. The van der Waals surface area contributed by atoms with Crippen LogP contribution in [0.3, 0.4) is 0 Å². The Labute approximate surface area is 86.8 Å². The van der Waals surface area contributed by atoms with Crippen LogP contribution in [0.5, 0.6) is 0 Å². The van der Waals surface area contributed by atoms with E-state index in [1.54, 1.807) is 18.2 Å². The fraction of sp³-hybridized carbons (Fsp3) is 0. The molecule has 0 amide bonds. The van der Waals surface area contributed by atoms with Crippen LogP contribution in [0.2, 0.25) is 0 Å². The minimum absolute atomic E-state index is 0.0614. The quantitative estimate of drug-likeness (QED) is 0.628. The van der Waals surface area contributed by atoms with Crippen LogP contribution in [0.4, 0.5) is 11.6 Å². The summed E-state index contributed by atoms with van der Waals surface area (Å²) in [5, 5.41) is 11.0. The van der Waals surface area contributed by atoms with E-state index in [1.807, 2.05) is 0 Å². The van der Waals surface area contributed by atoms with E-state index in [4.69, 9.17) is 10.2 Å². The minimum Gasteiger partial charge on any atom is -0.399 e. The summed E-state index contributed by atoms with van der Waals surface area (Å²) in [6.45, 7) is 0. The second-order valence-electron chi connectivity index (χ2n) is 2.72. The zero-order valence-corrected chi connectivity index (χ0v) is 8.45. The first kappa shape index (κ1) is 9.01. The zero-order chi connectivity index (χ0) is 10.3. The van der Waals surface area contributed by atoms with E-state index in [1.165, 1.54) is 0 Å². The number of nitrogens with zero attached hydrogens (tertiary/aromatic N) is 1. The number of nitrogens with two attached hydrogens (primary N) is 1. The summed E-state index contributed by atoms with van der Waals surface area (Å²) in [6, 6.07) is 5.04. The first-order valence-electron chi connectivity index (χ1n) is 3.71. The lowest BCUT2D eigenvalue weighted by atomic mass is 10.2. The van der Waals surface area contributed by atoms with Crippen molar-refractivity contribution < 1.29 is 9.34 Å². The van der Waals surface area contributed by atoms with Crippen LogP contribution in [-0.4, -0.2) is 4.92 Å². The molecule has 0 saturated carbocycles. The maximum absolute atomic E-state index is 10.5. The summed E-state index contributed by atoms with van der Waals surface area (Å²) < 4.78 is 5.77. The third-order valence-corrected chi connectivity index (χ3v) is 2.33. The summed E-state index contributed by atoms with van der Waals surface area (Å²) in [7, 11) is 0. The zero-order valence-electron chi connectivity index (χ0n) is 6.86. The summed E-state index contributed by atoms with van der Waals surface area (Å²) in [5.74, 6) is -0.405. The van der Waals surface area contributed by atoms with Crippen LogP contribution in [0.25, 0.3) is 11.0 Å². The number of halogens is 1. The Balaban J connectivity index is 2.80.